The summed E-state index contributed by atoms with van der Waals surface area (Å²) in [7, 11) is 0. The summed E-state index contributed by atoms with van der Waals surface area (Å²) in [6.45, 7) is 6.56. The molecule has 1 aromatic carbocycles. The smallest absolute Gasteiger partial charge is 0.226 e. The number of anilines is 1. The lowest BCUT2D eigenvalue weighted by Crippen LogP contribution is -2.13. The highest BCUT2D eigenvalue weighted by Gasteiger charge is 2.14. The molecule has 0 spiro atoms. The third kappa shape index (κ3) is 4.57. The number of oxazole rings is 1. The molecule has 0 saturated heterocycles. The number of pyridine rings is 1. The Bertz CT molecular complexity index is 862. The Balaban J connectivity index is 1.58. The molecule has 0 radical (unpaired) electrons. The van der Waals surface area contributed by atoms with Crippen molar-refractivity contribution in [3.63, 3.8) is 0 Å². The van der Waals surface area contributed by atoms with Gasteiger partial charge in [-0.3, -0.25) is 4.79 Å². The van der Waals surface area contributed by atoms with E-state index < -0.39 is 0 Å². The van der Waals surface area contributed by atoms with E-state index in [9.17, 15) is 4.79 Å². The maximum atomic E-state index is 12.0. The van der Waals surface area contributed by atoms with Gasteiger partial charge in [0.15, 0.2) is 5.89 Å². The van der Waals surface area contributed by atoms with Gasteiger partial charge in [-0.1, -0.05) is 51.1 Å². The van der Waals surface area contributed by atoms with Crippen LogP contribution in [0, 0.1) is 0 Å². The van der Waals surface area contributed by atoms with Gasteiger partial charge < -0.3 is 9.73 Å². The van der Waals surface area contributed by atoms with E-state index >= 15 is 0 Å². The maximum Gasteiger partial charge on any atom is 0.226 e. The Morgan fingerprint density at radius 1 is 1.12 bits per heavy atom. The van der Waals surface area contributed by atoms with Gasteiger partial charge >= 0.3 is 0 Å². The third-order valence-electron chi connectivity index (χ3n) is 4.10. The number of rotatable bonds is 5. The second-order valence-electron chi connectivity index (χ2n) is 7.22. The summed E-state index contributed by atoms with van der Waals surface area (Å²) in [6, 6.07) is 13.7. The van der Waals surface area contributed by atoms with Crippen molar-refractivity contribution in [3.8, 4) is 11.3 Å². The first kappa shape index (κ1) is 17.9. The van der Waals surface area contributed by atoms with Crippen LogP contribution < -0.4 is 5.32 Å². The molecule has 5 nitrogen and oxygen atoms in total. The maximum absolute atomic E-state index is 12.0. The second-order valence-corrected chi connectivity index (χ2v) is 7.22. The zero-order valence-corrected chi connectivity index (χ0v) is 15.3. The van der Waals surface area contributed by atoms with Crippen molar-refractivity contribution in [3.05, 3.63) is 66.4 Å². The molecule has 5 heteroatoms. The summed E-state index contributed by atoms with van der Waals surface area (Å²) in [5.41, 5.74) is 3.18. The van der Waals surface area contributed by atoms with Crippen molar-refractivity contribution in [2.45, 2.75) is 39.0 Å². The second kappa shape index (κ2) is 7.52. The number of carbonyl (C=O) groups excluding carboxylic acids is 1. The summed E-state index contributed by atoms with van der Waals surface area (Å²) in [4.78, 5) is 20.5. The van der Waals surface area contributed by atoms with Gasteiger partial charge in [0.25, 0.3) is 0 Å². The quantitative estimate of drug-likeness (QED) is 0.730. The zero-order valence-electron chi connectivity index (χ0n) is 15.3. The molecule has 1 N–H and O–H groups in total. The van der Waals surface area contributed by atoms with Crippen molar-refractivity contribution in [1.82, 2.24) is 9.97 Å². The normalized spacial score (nSPS) is 11.3. The molecule has 3 rings (SSSR count). The summed E-state index contributed by atoms with van der Waals surface area (Å²) in [5, 5.41) is 2.75. The van der Waals surface area contributed by atoms with Gasteiger partial charge in [0, 0.05) is 24.6 Å². The minimum absolute atomic E-state index is 0.113. The lowest BCUT2D eigenvalue weighted by atomic mass is 9.86. The molecule has 134 valence electrons. The number of aromatic nitrogens is 2. The predicted octanol–water partition coefficient (Wildman–Crippen LogP) is 4.61. The van der Waals surface area contributed by atoms with E-state index in [1.165, 1.54) is 5.56 Å². The fourth-order valence-corrected chi connectivity index (χ4v) is 2.56. The first-order valence-corrected chi connectivity index (χ1v) is 8.68. The molecule has 0 aliphatic rings. The van der Waals surface area contributed by atoms with Gasteiger partial charge in [-0.2, -0.15) is 0 Å². The van der Waals surface area contributed by atoms with Crippen LogP contribution in [0.1, 0.15) is 38.6 Å². The molecule has 0 unspecified atom stereocenters. The molecule has 0 fully saturated rings. The number of hydrogen-bond acceptors (Lipinski definition) is 4. The topological polar surface area (TPSA) is 68.0 Å². The number of carbonyl (C=O) groups is 1. The lowest BCUT2D eigenvalue weighted by Gasteiger charge is -2.18. The molecule has 2 aromatic heterocycles. The van der Waals surface area contributed by atoms with Crippen molar-refractivity contribution < 1.29 is 9.21 Å². The fraction of sp³-hybridized carbons (Fsp3) is 0.286. The van der Waals surface area contributed by atoms with Gasteiger partial charge in [0.05, 0.1) is 0 Å². The first-order valence-electron chi connectivity index (χ1n) is 8.68. The monoisotopic (exact) mass is 349 g/mol. The van der Waals surface area contributed by atoms with Gasteiger partial charge in [-0.15, -0.1) is 0 Å². The molecular formula is C21H23N3O2. The molecule has 2 heterocycles. The highest BCUT2D eigenvalue weighted by Crippen LogP contribution is 2.26. The van der Waals surface area contributed by atoms with Crippen LogP contribution in [0.15, 0.2) is 59.3 Å². The molecular weight excluding hydrogens is 326 g/mol. The van der Waals surface area contributed by atoms with E-state index in [-0.39, 0.29) is 11.3 Å². The minimum atomic E-state index is -0.113. The van der Waals surface area contributed by atoms with E-state index in [0.29, 0.717) is 24.6 Å². The van der Waals surface area contributed by atoms with Crippen molar-refractivity contribution in [2.75, 3.05) is 5.32 Å². The number of amides is 1. The van der Waals surface area contributed by atoms with E-state index in [1.54, 1.807) is 24.6 Å². The highest BCUT2D eigenvalue weighted by molar-refractivity contribution is 5.89. The number of hydrogen-bond donors (Lipinski definition) is 1. The molecule has 1 amide bonds. The van der Waals surface area contributed by atoms with Crippen LogP contribution in [0.2, 0.25) is 0 Å². The van der Waals surface area contributed by atoms with E-state index in [0.717, 1.165) is 11.3 Å². The Labute approximate surface area is 153 Å². The van der Waals surface area contributed by atoms with Crippen LogP contribution in [0.4, 0.5) is 5.82 Å². The molecule has 0 atom stereocenters. The molecule has 0 bridgehead atoms. The van der Waals surface area contributed by atoms with Crippen LogP contribution in [0.5, 0.6) is 0 Å². The first-order chi connectivity index (χ1) is 12.4. The van der Waals surface area contributed by atoms with Gasteiger partial charge in [-0.25, -0.2) is 9.97 Å². The highest BCUT2D eigenvalue weighted by atomic mass is 16.3. The average Bonchev–Trinajstić information content (AvgIpc) is 3.09. The Kier molecular flexibility index (Phi) is 5.16. The number of nitrogens with zero attached hydrogens (tertiary/aromatic N) is 2. The summed E-state index contributed by atoms with van der Waals surface area (Å²) in [5.74, 6) is 0.985. The fourth-order valence-electron chi connectivity index (χ4n) is 2.56. The number of nitrogens with one attached hydrogen (secondary N) is 1. The van der Waals surface area contributed by atoms with Gasteiger partial charge in [0.2, 0.25) is 5.91 Å². The Morgan fingerprint density at radius 2 is 1.88 bits per heavy atom. The Morgan fingerprint density at radius 3 is 2.54 bits per heavy atom. The van der Waals surface area contributed by atoms with Crippen LogP contribution in [0.3, 0.4) is 0 Å². The van der Waals surface area contributed by atoms with Crippen LogP contribution in [-0.2, 0) is 16.6 Å². The average molecular weight is 349 g/mol. The predicted molar refractivity (Wildman–Crippen MR) is 102 cm³/mol. The van der Waals surface area contributed by atoms with Gasteiger partial charge in [-0.05, 0) is 23.1 Å². The molecule has 0 aliphatic carbocycles. The molecule has 0 saturated carbocycles. The number of aryl methyl sites for hydroxylation is 1. The van der Waals surface area contributed by atoms with Crippen molar-refractivity contribution in [2.24, 2.45) is 0 Å². The van der Waals surface area contributed by atoms with Crippen LogP contribution in [-0.4, -0.2) is 15.9 Å². The van der Waals surface area contributed by atoms with E-state index in [2.05, 4.69) is 60.3 Å². The lowest BCUT2D eigenvalue weighted by molar-refractivity contribution is -0.116. The molecule has 3 aromatic rings. The largest absolute Gasteiger partial charge is 0.448 e. The van der Waals surface area contributed by atoms with E-state index in [4.69, 9.17) is 4.42 Å². The SMILES string of the molecule is CC(C)(C)c1ccc(-c2coc(CCC(=O)Nc3ccccn3)n2)cc1. The third-order valence-corrected chi connectivity index (χ3v) is 4.10. The Hall–Kier alpha value is -2.95. The summed E-state index contributed by atoms with van der Waals surface area (Å²) < 4.78 is 5.51. The van der Waals surface area contributed by atoms with Crippen LogP contribution in [0.25, 0.3) is 11.3 Å². The summed E-state index contributed by atoms with van der Waals surface area (Å²) >= 11 is 0. The standard InChI is InChI=1S/C21H23N3O2/c1-21(2,3)16-9-7-15(8-10-16)17-14-26-20(23-17)12-11-19(25)24-18-6-4-5-13-22-18/h4-10,13-14H,11-12H2,1-3H3,(H,22,24,25). The van der Waals surface area contributed by atoms with Crippen molar-refractivity contribution >= 4 is 11.7 Å². The molecule has 0 aliphatic heterocycles. The van der Waals surface area contributed by atoms with Crippen molar-refractivity contribution in [1.29, 1.82) is 0 Å². The zero-order chi connectivity index (χ0) is 18.6. The summed E-state index contributed by atoms with van der Waals surface area (Å²) in [6.07, 6.45) is 4.01. The van der Waals surface area contributed by atoms with Gasteiger partial charge in [0.1, 0.15) is 17.8 Å². The minimum Gasteiger partial charge on any atom is -0.448 e. The molecule has 26 heavy (non-hydrogen) atoms. The number of benzene rings is 1. The van der Waals surface area contributed by atoms with E-state index in [1.807, 2.05) is 6.07 Å². The van der Waals surface area contributed by atoms with Crippen LogP contribution >= 0.6 is 0 Å².